The second-order valence-corrected chi connectivity index (χ2v) is 5.95. The molecule has 2 saturated heterocycles. The number of carbonyl (C=O) groups is 2. The molecular weight excluding hydrogens is 242 g/mol. The van der Waals surface area contributed by atoms with Crippen molar-refractivity contribution in [2.24, 2.45) is 17.8 Å². The second-order valence-electron chi connectivity index (χ2n) is 5.95. The predicted octanol–water partition coefficient (Wildman–Crippen LogP) is 0.217. The van der Waals surface area contributed by atoms with E-state index in [1.165, 1.54) is 0 Å². The van der Waals surface area contributed by atoms with Crippen molar-refractivity contribution in [1.82, 2.24) is 15.5 Å². The lowest BCUT2D eigenvalue weighted by Gasteiger charge is -2.34. The number of amides is 2. The SMILES string of the molecule is CC(=O)NCC1CCN(C(=O)C2CNCC2C)CC1. The summed E-state index contributed by atoms with van der Waals surface area (Å²) in [5.74, 6) is 1.48. The van der Waals surface area contributed by atoms with Crippen molar-refractivity contribution >= 4 is 11.8 Å². The van der Waals surface area contributed by atoms with Crippen LogP contribution in [0.25, 0.3) is 0 Å². The molecular formula is C14H25N3O2. The molecule has 0 saturated carbocycles. The van der Waals surface area contributed by atoms with Crippen LogP contribution >= 0.6 is 0 Å². The highest BCUT2D eigenvalue weighted by Gasteiger charge is 2.34. The smallest absolute Gasteiger partial charge is 0.227 e. The van der Waals surface area contributed by atoms with Gasteiger partial charge in [-0.2, -0.15) is 0 Å². The Balaban J connectivity index is 1.76. The van der Waals surface area contributed by atoms with Gasteiger partial charge in [-0.15, -0.1) is 0 Å². The van der Waals surface area contributed by atoms with Gasteiger partial charge in [0.15, 0.2) is 0 Å². The Bertz CT molecular complexity index is 338. The third-order valence-corrected chi connectivity index (χ3v) is 4.40. The summed E-state index contributed by atoms with van der Waals surface area (Å²) in [5.41, 5.74) is 0. The van der Waals surface area contributed by atoms with Crippen LogP contribution in [0.2, 0.25) is 0 Å². The van der Waals surface area contributed by atoms with E-state index in [0.717, 1.165) is 45.6 Å². The summed E-state index contributed by atoms with van der Waals surface area (Å²) in [6, 6.07) is 0. The first kappa shape index (κ1) is 14.3. The van der Waals surface area contributed by atoms with Gasteiger partial charge in [-0.3, -0.25) is 9.59 Å². The number of rotatable bonds is 3. The zero-order valence-electron chi connectivity index (χ0n) is 11.9. The van der Waals surface area contributed by atoms with E-state index in [2.05, 4.69) is 17.6 Å². The minimum absolute atomic E-state index is 0.0318. The molecule has 2 fully saturated rings. The van der Waals surface area contributed by atoms with Gasteiger partial charge in [-0.1, -0.05) is 6.92 Å². The van der Waals surface area contributed by atoms with Gasteiger partial charge in [0.25, 0.3) is 0 Å². The summed E-state index contributed by atoms with van der Waals surface area (Å²) in [7, 11) is 0. The number of nitrogens with zero attached hydrogens (tertiary/aromatic N) is 1. The molecule has 0 bridgehead atoms. The molecule has 2 aliphatic rings. The Morgan fingerprint density at radius 2 is 1.95 bits per heavy atom. The monoisotopic (exact) mass is 267 g/mol. The van der Waals surface area contributed by atoms with Crippen LogP contribution < -0.4 is 10.6 Å². The molecule has 2 heterocycles. The van der Waals surface area contributed by atoms with Gasteiger partial charge in [0.05, 0.1) is 5.92 Å². The summed E-state index contributed by atoms with van der Waals surface area (Å²) >= 11 is 0. The van der Waals surface area contributed by atoms with Gasteiger partial charge in [0, 0.05) is 33.1 Å². The topological polar surface area (TPSA) is 61.4 Å². The Labute approximate surface area is 115 Å². The van der Waals surface area contributed by atoms with Crippen LogP contribution in [0.1, 0.15) is 26.7 Å². The lowest BCUT2D eigenvalue weighted by Crippen LogP contribution is -2.45. The highest BCUT2D eigenvalue weighted by atomic mass is 16.2. The number of carbonyl (C=O) groups excluding carboxylic acids is 2. The first-order chi connectivity index (χ1) is 9.08. The number of hydrogen-bond donors (Lipinski definition) is 2. The molecule has 5 nitrogen and oxygen atoms in total. The normalized spacial score (nSPS) is 28.4. The van der Waals surface area contributed by atoms with Crippen molar-refractivity contribution in [3.05, 3.63) is 0 Å². The Kier molecular flexibility index (Phi) is 4.80. The Morgan fingerprint density at radius 3 is 2.47 bits per heavy atom. The molecule has 0 aromatic heterocycles. The number of piperidine rings is 1. The van der Waals surface area contributed by atoms with E-state index in [0.29, 0.717) is 17.7 Å². The molecule has 2 unspecified atom stereocenters. The fourth-order valence-electron chi connectivity index (χ4n) is 3.02. The molecule has 0 spiro atoms. The Morgan fingerprint density at radius 1 is 1.26 bits per heavy atom. The first-order valence-corrected chi connectivity index (χ1v) is 7.32. The molecule has 19 heavy (non-hydrogen) atoms. The highest BCUT2D eigenvalue weighted by molar-refractivity contribution is 5.79. The van der Waals surface area contributed by atoms with E-state index in [9.17, 15) is 9.59 Å². The maximum atomic E-state index is 12.4. The molecule has 5 heteroatoms. The van der Waals surface area contributed by atoms with Crippen molar-refractivity contribution in [3.8, 4) is 0 Å². The molecule has 2 N–H and O–H groups in total. The molecule has 0 aliphatic carbocycles. The van der Waals surface area contributed by atoms with E-state index < -0.39 is 0 Å². The minimum Gasteiger partial charge on any atom is -0.356 e. The van der Waals surface area contributed by atoms with Gasteiger partial charge >= 0.3 is 0 Å². The fraction of sp³-hybridized carbons (Fsp3) is 0.857. The van der Waals surface area contributed by atoms with Gasteiger partial charge < -0.3 is 15.5 Å². The predicted molar refractivity (Wildman–Crippen MR) is 73.5 cm³/mol. The summed E-state index contributed by atoms with van der Waals surface area (Å²) in [6.45, 7) is 7.90. The molecule has 0 aromatic carbocycles. The quantitative estimate of drug-likeness (QED) is 0.769. The summed E-state index contributed by atoms with van der Waals surface area (Å²) in [5, 5.41) is 6.16. The van der Waals surface area contributed by atoms with Crippen molar-refractivity contribution < 1.29 is 9.59 Å². The van der Waals surface area contributed by atoms with Crippen molar-refractivity contribution in [2.45, 2.75) is 26.7 Å². The van der Waals surface area contributed by atoms with Gasteiger partial charge in [0.1, 0.15) is 0 Å². The largest absolute Gasteiger partial charge is 0.356 e. The van der Waals surface area contributed by atoms with Crippen LogP contribution in [0.3, 0.4) is 0 Å². The molecule has 2 amide bonds. The van der Waals surface area contributed by atoms with E-state index in [-0.39, 0.29) is 11.8 Å². The van der Waals surface area contributed by atoms with Crippen molar-refractivity contribution in [2.75, 3.05) is 32.7 Å². The average molecular weight is 267 g/mol. The minimum atomic E-state index is 0.0318. The second kappa shape index (κ2) is 6.37. The fourth-order valence-corrected chi connectivity index (χ4v) is 3.02. The maximum absolute atomic E-state index is 12.4. The van der Waals surface area contributed by atoms with Gasteiger partial charge in [-0.05, 0) is 31.2 Å². The lowest BCUT2D eigenvalue weighted by atomic mass is 9.92. The van der Waals surface area contributed by atoms with Gasteiger partial charge in [-0.25, -0.2) is 0 Å². The zero-order chi connectivity index (χ0) is 13.8. The molecule has 2 rings (SSSR count). The molecule has 2 aliphatic heterocycles. The molecule has 0 radical (unpaired) electrons. The van der Waals surface area contributed by atoms with Crippen LogP contribution in [-0.2, 0) is 9.59 Å². The summed E-state index contributed by atoms with van der Waals surface area (Å²) < 4.78 is 0. The number of likely N-dealkylation sites (tertiary alicyclic amines) is 1. The van der Waals surface area contributed by atoms with E-state index in [4.69, 9.17) is 0 Å². The molecule has 2 atom stereocenters. The van der Waals surface area contributed by atoms with E-state index in [1.54, 1.807) is 6.92 Å². The number of hydrogen-bond acceptors (Lipinski definition) is 3. The third kappa shape index (κ3) is 3.69. The zero-order valence-corrected chi connectivity index (χ0v) is 11.9. The van der Waals surface area contributed by atoms with Crippen LogP contribution in [0.15, 0.2) is 0 Å². The van der Waals surface area contributed by atoms with Crippen molar-refractivity contribution in [1.29, 1.82) is 0 Å². The maximum Gasteiger partial charge on any atom is 0.227 e. The highest BCUT2D eigenvalue weighted by Crippen LogP contribution is 2.23. The summed E-state index contributed by atoms with van der Waals surface area (Å²) in [6.07, 6.45) is 2.00. The standard InChI is InChI=1S/C14H25N3O2/c1-10-7-15-9-13(10)14(19)17-5-3-12(4-6-17)8-16-11(2)18/h10,12-13,15H,3-9H2,1-2H3,(H,16,18). The van der Waals surface area contributed by atoms with Gasteiger partial charge in [0.2, 0.25) is 11.8 Å². The van der Waals surface area contributed by atoms with E-state index in [1.807, 2.05) is 4.90 Å². The van der Waals surface area contributed by atoms with Crippen LogP contribution in [0, 0.1) is 17.8 Å². The number of nitrogens with one attached hydrogen (secondary N) is 2. The Hall–Kier alpha value is -1.10. The molecule has 0 aromatic rings. The van der Waals surface area contributed by atoms with Crippen LogP contribution in [0.5, 0.6) is 0 Å². The van der Waals surface area contributed by atoms with Crippen LogP contribution in [0.4, 0.5) is 0 Å². The van der Waals surface area contributed by atoms with Crippen LogP contribution in [-0.4, -0.2) is 49.4 Å². The van der Waals surface area contributed by atoms with Crippen molar-refractivity contribution in [3.63, 3.8) is 0 Å². The lowest BCUT2D eigenvalue weighted by molar-refractivity contribution is -0.137. The molecule has 108 valence electrons. The summed E-state index contributed by atoms with van der Waals surface area (Å²) in [4.78, 5) is 25.3. The van der Waals surface area contributed by atoms with E-state index >= 15 is 0 Å². The first-order valence-electron chi connectivity index (χ1n) is 7.32. The average Bonchev–Trinajstić information content (AvgIpc) is 2.82. The third-order valence-electron chi connectivity index (χ3n) is 4.40.